The molecule has 2 atom stereocenters. The summed E-state index contributed by atoms with van der Waals surface area (Å²) in [7, 11) is 2.35. The van der Waals surface area contributed by atoms with Crippen LogP contribution in [0.25, 0.3) is 0 Å². The summed E-state index contributed by atoms with van der Waals surface area (Å²) < 4.78 is 0. The maximum absolute atomic E-state index is 2.61. The highest BCUT2D eigenvalue weighted by atomic mass is 15.1. The van der Waals surface area contributed by atoms with Crippen LogP contribution in [0.3, 0.4) is 0 Å². The molecule has 0 aliphatic heterocycles. The van der Waals surface area contributed by atoms with Crippen LogP contribution in [0.4, 0.5) is 0 Å². The molecule has 2 rings (SSSR count). The van der Waals surface area contributed by atoms with E-state index in [1.807, 2.05) is 0 Å². The highest BCUT2D eigenvalue weighted by molar-refractivity contribution is 4.71. The van der Waals surface area contributed by atoms with Gasteiger partial charge in [-0.1, -0.05) is 71.1 Å². The van der Waals surface area contributed by atoms with Crippen LogP contribution in [0.5, 0.6) is 0 Å². The van der Waals surface area contributed by atoms with E-state index in [0.29, 0.717) is 0 Å². The fraction of sp³-hybridized carbons (Fsp3) is 1.00. The van der Waals surface area contributed by atoms with Crippen molar-refractivity contribution in [3.8, 4) is 0 Å². The van der Waals surface area contributed by atoms with Gasteiger partial charge in [0.2, 0.25) is 0 Å². The molecule has 2 saturated carbocycles. The average Bonchev–Trinajstić information content (AvgIpc) is 2.68. The molecule has 0 aromatic heterocycles. The van der Waals surface area contributed by atoms with Crippen molar-refractivity contribution in [2.24, 2.45) is 17.8 Å². The van der Waals surface area contributed by atoms with Crippen LogP contribution in [0.2, 0.25) is 0 Å². The Balaban J connectivity index is 1.55. The maximum Gasteiger partial charge on any atom is -0.00191 e. The van der Waals surface area contributed by atoms with E-state index in [4.69, 9.17) is 0 Å². The van der Waals surface area contributed by atoms with E-state index in [1.165, 1.54) is 90.1 Å². The molecule has 0 saturated heterocycles. The van der Waals surface area contributed by atoms with Gasteiger partial charge in [0.1, 0.15) is 0 Å². The van der Waals surface area contributed by atoms with Crippen LogP contribution in [0.15, 0.2) is 0 Å². The third-order valence-corrected chi connectivity index (χ3v) is 5.94. The lowest BCUT2D eigenvalue weighted by Crippen LogP contribution is -2.25. The van der Waals surface area contributed by atoms with Crippen molar-refractivity contribution in [1.29, 1.82) is 0 Å². The van der Waals surface area contributed by atoms with Crippen molar-refractivity contribution < 1.29 is 0 Å². The van der Waals surface area contributed by atoms with E-state index in [9.17, 15) is 0 Å². The third-order valence-electron chi connectivity index (χ3n) is 5.94. The first-order valence-electron chi connectivity index (χ1n) is 9.42. The van der Waals surface area contributed by atoms with E-state index < -0.39 is 0 Å². The third kappa shape index (κ3) is 6.16. The van der Waals surface area contributed by atoms with Gasteiger partial charge in [0.05, 0.1) is 0 Å². The van der Waals surface area contributed by atoms with Gasteiger partial charge in [0.25, 0.3) is 0 Å². The molecule has 0 unspecified atom stereocenters. The zero-order chi connectivity index (χ0) is 14.2. The molecule has 0 spiro atoms. The topological polar surface area (TPSA) is 3.24 Å². The Hall–Kier alpha value is -0.0400. The monoisotopic (exact) mass is 279 g/mol. The van der Waals surface area contributed by atoms with Crippen LogP contribution in [-0.2, 0) is 0 Å². The Morgan fingerprint density at radius 2 is 1.30 bits per heavy atom. The van der Waals surface area contributed by atoms with Crippen molar-refractivity contribution in [2.45, 2.75) is 84.0 Å². The van der Waals surface area contributed by atoms with Crippen molar-refractivity contribution in [3.05, 3.63) is 0 Å². The molecule has 20 heavy (non-hydrogen) atoms. The molecule has 0 aromatic rings. The molecular weight excluding hydrogens is 242 g/mol. The summed E-state index contributed by atoms with van der Waals surface area (Å²) in [4.78, 5) is 2.61. The SMILES string of the molecule is C[C@@H]1CCC[C@@H](CCN(C)CCC2CCCCC2)CC1. The van der Waals surface area contributed by atoms with Gasteiger partial charge in [-0.3, -0.25) is 0 Å². The Morgan fingerprint density at radius 3 is 2.00 bits per heavy atom. The van der Waals surface area contributed by atoms with Crippen molar-refractivity contribution in [2.75, 3.05) is 20.1 Å². The summed E-state index contributed by atoms with van der Waals surface area (Å²) in [5, 5.41) is 0. The van der Waals surface area contributed by atoms with E-state index in [2.05, 4.69) is 18.9 Å². The highest BCUT2D eigenvalue weighted by Crippen LogP contribution is 2.29. The first-order chi connectivity index (χ1) is 9.74. The molecule has 0 heterocycles. The van der Waals surface area contributed by atoms with Crippen molar-refractivity contribution in [3.63, 3.8) is 0 Å². The molecule has 2 aliphatic carbocycles. The summed E-state index contributed by atoms with van der Waals surface area (Å²) in [5.41, 5.74) is 0. The van der Waals surface area contributed by atoms with Gasteiger partial charge < -0.3 is 4.90 Å². The number of rotatable bonds is 6. The van der Waals surface area contributed by atoms with Gasteiger partial charge in [0.15, 0.2) is 0 Å². The summed E-state index contributed by atoms with van der Waals surface area (Å²) in [6.45, 7) is 5.12. The van der Waals surface area contributed by atoms with Crippen molar-refractivity contribution >= 4 is 0 Å². The first-order valence-corrected chi connectivity index (χ1v) is 9.42. The minimum atomic E-state index is 0.990. The quantitative estimate of drug-likeness (QED) is 0.581. The number of hydrogen-bond donors (Lipinski definition) is 0. The Kier molecular flexibility index (Phi) is 7.41. The molecule has 0 N–H and O–H groups in total. The molecule has 1 nitrogen and oxygen atoms in total. The van der Waals surface area contributed by atoms with Gasteiger partial charge in [-0.15, -0.1) is 0 Å². The minimum Gasteiger partial charge on any atom is -0.306 e. The summed E-state index contributed by atoms with van der Waals surface area (Å²) in [5.74, 6) is 3.06. The zero-order valence-electron chi connectivity index (χ0n) is 14.1. The van der Waals surface area contributed by atoms with Crippen LogP contribution < -0.4 is 0 Å². The smallest absolute Gasteiger partial charge is 0.00191 e. The lowest BCUT2D eigenvalue weighted by Gasteiger charge is -2.25. The van der Waals surface area contributed by atoms with Crippen LogP contribution in [0, 0.1) is 17.8 Å². The molecule has 0 aromatic carbocycles. The number of nitrogens with zero attached hydrogens (tertiary/aromatic N) is 1. The van der Waals surface area contributed by atoms with Crippen LogP contribution in [0.1, 0.15) is 84.0 Å². The molecule has 0 radical (unpaired) electrons. The van der Waals surface area contributed by atoms with E-state index in [-0.39, 0.29) is 0 Å². The van der Waals surface area contributed by atoms with Gasteiger partial charge in [-0.25, -0.2) is 0 Å². The largest absolute Gasteiger partial charge is 0.306 e. The molecule has 0 amide bonds. The normalized spacial score (nSPS) is 29.6. The van der Waals surface area contributed by atoms with Gasteiger partial charge in [0, 0.05) is 0 Å². The lowest BCUT2D eigenvalue weighted by atomic mass is 9.87. The summed E-state index contributed by atoms with van der Waals surface area (Å²) in [6.07, 6.45) is 17.9. The summed E-state index contributed by atoms with van der Waals surface area (Å²) in [6, 6.07) is 0. The molecule has 1 heteroatoms. The highest BCUT2D eigenvalue weighted by Gasteiger charge is 2.17. The second-order valence-corrected chi connectivity index (χ2v) is 7.86. The number of hydrogen-bond acceptors (Lipinski definition) is 1. The first kappa shape index (κ1) is 16.3. The average molecular weight is 280 g/mol. The molecule has 2 aliphatic rings. The molecule has 118 valence electrons. The predicted molar refractivity (Wildman–Crippen MR) is 89.0 cm³/mol. The fourth-order valence-corrected chi connectivity index (χ4v) is 4.25. The second kappa shape index (κ2) is 9.07. The maximum atomic E-state index is 2.61. The van der Waals surface area contributed by atoms with E-state index >= 15 is 0 Å². The molecule has 0 bridgehead atoms. The second-order valence-electron chi connectivity index (χ2n) is 7.86. The Labute approximate surface area is 127 Å². The van der Waals surface area contributed by atoms with Gasteiger partial charge in [-0.2, -0.15) is 0 Å². The fourth-order valence-electron chi connectivity index (χ4n) is 4.25. The summed E-state index contributed by atoms with van der Waals surface area (Å²) >= 11 is 0. The lowest BCUT2D eigenvalue weighted by molar-refractivity contribution is 0.246. The van der Waals surface area contributed by atoms with Gasteiger partial charge >= 0.3 is 0 Å². The van der Waals surface area contributed by atoms with Crippen molar-refractivity contribution in [1.82, 2.24) is 4.90 Å². The zero-order valence-corrected chi connectivity index (χ0v) is 14.1. The van der Waals surface area contributed by atoms with Crippen LogP contribution in [-0.4, -0.2) is 25.0 Å². The van der Waals surface area contributed by atoms with E-state index in [0.717, 1.165) is 17.8 Å². The van der Waals surface area contributed by atoms with E-state index in [1.54, 1.807) is 0 Å². The van der Waals surface area contributed by atoms with Crippen LogP contribution >= 0.6 is 0 Å². The van der Waals surface area contributed by atoms with Gasteiger partial charge in [-0.05, 0) is 50.7 Å². The Bertz CT molecular complexity index is 244. The standard InChI is InChI=1S/C19H37N/c1-17-7-6-10-19(12-11-17)14-16-20(2)15-13-18-8-4-3-5-9-18/h17-19H,3-16H2,1-2H3/t17-,19-/m1/s1. The predicted octanol–water partition coefficient (Wildman–Crippen LogP) is 5.50. The minimum absolute atomic E-state index is 0.990. The molecule has 2 fully saturated rings. The molecular formula is C19H37N. The Morgan fingerprint density at radius 1 is 0.700 bits per heavy atom.